The largest absolute Gasteiger partial charge is 0.396 e. The number of aromatic nitrogens is 4. The van der Waals surface area contributed by atoms with Gasteiger partial charge in [-0.25, -0.2) is 0 Å². The Bertz CT molecular complexity index is 225. The lowest BCUT2D eigenvalue weighted by atomic mass is 10.3. The van der Waals surface area contributed by atoms with Crippen molar-refractivity contribution in [3.63, 3.8) is 0 Å². The number of hydrogen-bond acceptors (Lipinski definition) is 6. The van der Waals surface area contributed by atoms with E-state index >= 15 is 0 Å². The van der Waals surface area contributed by atoms with E-state index in [1.54, 1.807) is 0 Å². The van der Waals surface area contributed by atoms with Crippen LogP contribution in [0.1, 0.15) is 24.5 Å². The fraction of sp³-hybridized carbons (Fsp3) is 0.750. The van der Waals surface area contributed by atoms with Gasteiger partial charge in [0.05, 0.1) is 0 Å². The van der Waals surface area contributed by atoms with Crippen molar-refractivity contribution in [3.8, 4) is 0 Å². The second kappa shape index (κ2) is 6.33. The third-order valence-electron chi connectivity index (χ3n) is 1.68. The van der Waals surface area contributed by atoms with Crippen LogP contribution in [-0.2, 0) is 12.8 Å². The van der Waals surface area contributed by atoms with Crippen LogP contribution >= 0.6 is 0 Å². The van der Waals surface area contributed by atoms with Gasteiger partial charge in [0.2, 0.25) is 0 Å². The van der Waals surface area contributed by atoms with E-state index in [2.05, 4.69) is 20.4 Å². The lowest BCUT2D eigenvalue weighted by Gasteiger charge is -1.97. The van der Waals surface area contributed by atoms with Crippen LogP contribution in [0.25, 0.3) is 0 Å². The number of aliphatic hydroxyl groups is 2. The molecule has 0 spiro atoms. The number of rotatable bonds is 6. The van der Waals surface area contributed by atoms with Crippen molar-refractivity contribution in [1.29, 1.82) is 0 Å². The van der Waals surface area contributed by atoms with Crippen LogP contribution in [0, 0.1) is 0 Å². The lowest BCUT2D eigenvalue weighted by Crippen LogP contribution is -2.06. The van der Waals surface area contributed by atoms with Gasteiger partial charge in [0.1, 0.15) is 0 Å². The minimum atomic E-state index is 0.121. The summed E-state index contributed by atoms with van der Waals surface area (Å²) < 4.78 is 0. The zero-order valence-corrected chi connectivity index (χ0v) is 7.93. The summed E-state index contributed by atoms with van der Waals surface area (Å²) in [4.78, 5) is 0. The molecule has 1 heterocycles. The number of aliphatic hydroxyl groups excluding tert-OH is 2. The number of hydrogen-bond donors (Lipinski definition) is 2. The molecule has 0 fully saturated rings. The Kier molecular flexibility index (Phi) is 4.95. The van der Waals surface area contributed by atoms with Gasteiger partial charge >= 0.3 is 0 Å². The standard InChI is InChI=1S/C8H14N4O2/c13-5-1-3-7-9-11-8(12-10-7)4-2-6-14/h13-14H,1-6H2. The summed E-state index contributed by atoms with van der Waals surface area (Å²) in [5.41, 5.74) is 0. The van der Waals surface area contributed by atoms with E-state index in [-0.39, 0.29) is 13.2 Å². The minimum Gasteiger partial charge on any atom is -0.396 e. The third kappa shape index (κ3) is 3.71. The molecular formula is C8H14N4O2. The summed E-state index contributed by atoms with van der Waals surface area (Å²) >= 11 is 0. The molecule has 1 aromatic rings. The zero-order valence-electron chi connectivity index (χ0n) is 7.93. The molecule has 0 amide bonds. The van der Waals surface area contributed by atoms with Gasteiger partial charge in [0.15, 0.2) is 11.6 Å². The van der Waals surface area contributed by atoms with Crippen LogP contribution in [0.15, 0.2) is 0 Å². The van der Waals surface area contributed by atoms with Crippen LogP contribution in [0.3, 0.4) is 0 Å². The highest BCUT2D eigenvalue weighted by molar-refractivity contribution is 4.82. The first kappa shape index (κ1) is 10.9. The average Bonchev–Trinajstić information content (AvgIpc) is 2.25. The predicted molar refractivity (Wildman–Crippen MR) is 48.4 cm³/mol. The van der Waals surface area contributed by atoms with Gasteiger partial charge < -0.3 is 10.2 Å². The fourth-order valence-corrected chi connectivity index (χ4v) is 0.945. The molecule has 0 aliphatic heterocycles. The second-order valence-electron chi connectivity index (χ2n) is 2.89. The first-order valence-electron chi connectivity index (χ1n) is 4.63. The summed E-state index contributed by atoms with van der Waals surface area (Å²) in [7, 11) is 0. The van der Waals surface area contributed by atoms with Gasteiger partial charge in [-0.05, 0) is 12.8 Å². The minimum absolute atomic E-state index is 0.121. The molecule has 6 heteroatoms. The highest BCUT2D eigenvalue weighted by atomic mass is 16.3. The quantitative estimate of drug-likeness (QED) is 0.616. The smallest absolute Gasteiger partial charge is 0.173 e. The first-order chi connectivity index (χ1) is 6.86. The number of aryl methyl sites for hydroxylation is 2. The van der Waals surface area contributed by atoms with Crippen molar-refractivity contribution in [2.75, 3.05) is 13.2 Å². The summed E-state index contributed by atoms with van der Waals surface area (Å²) in [6.07, 6.45) is 2.44. The molecule has 0 saturated carbocycles. The number of nitrogens with zero attached hydrogens (tertiary/aromatic N) is 4. The fourth-order valence-electron chi connectivity index (χ4n) is 0.945. The average molecular weight is 198 g/mol. The molecule has 0 bridgehead atoms. The van der Waals surface area contributed by atoms with Gasteiger partial charge in [0, 0.05) is 26.1 Å². The topological polar surface area (TPSA) is 92.0 Å². The Balaban J connectivity index is 2.42. The Morgan fingerprint density at radius 3 is 1.36 bits per heavy atom. The van der Waals surface area contributed by atoms with E-state index in [0.717, 1.165) is 0 Å². The van der Waals surface area contributed by atoms with Crippen LogP contribution in [-0.4, -0.2) is 43.8 Å². The maximum atomic E-state index is 8.57. The highest BCUT2D eigenvalue weighted by Gasteiger charge is 2.00. The second-order valence-corrected chi connectivity index (χ2v) is 2.89. The van der Waals surface area contributed by atoms with Crippen molar-refractivity contribution >= 4 is 0 Å². The van der Waals surface area contributed by atoms with E-state index in [0.29, 0.717) is 37.3 Å². The molecule has 78 valence electrons. The Hall–Kier alpha value is -1.14. The van der Waals surface area contributed by atoms with E-state index in [4.69, 9.17) is 10.2 Å². The summed E-state index contributed by atoms with van der Waals surface area (Å²) in [6.45, 7) is 0.241. The summed E-state index contributed by atoms with van der Waals surface area (Å²) in [5.74, 6) is 1.10. The zero-order chi connectivity index (χ0) is 10.2. The van der Waals surface area contributed by atoms with Crippen molar-refractivity contribution in [1.82, 2.24) is 20.4 Å². The lowest BCUT2D eigenvalue weighted by molar-refractivity contribution is 0.285. The molecule has 1 aromatic heterocycles. The van der Waals surface area contributed by atoms with Gasteiger partial charge in [-0.3, -0.25) is 0 Å². The Labute approximate surface area is 82.0 Å². The molecule has 2 N–H and O–H groups in total. The SMILES string of the molecule is OCCCc1nnc(CCCO)nn1. The maximum absolute atomic E-state index is 8.57. The van der Waals surface area contributed by atoms with E-state index < -0.39 is 0 Å². The van der Waals surface area contributed by atoms with Crippen molar-refractivity contribution < 1.29 is 10.2 Å². The molecule has 0 aliphatic rings. The van der Waals surface area contributed by atoms with Crippen molar-refractivity contribution in [2.45, 2.75) is 25.7 Å². The van der Waals surface area contributed by atoms with Crippen molar-refractivity contribution in [3.05, 3.63) is 11.6 Å². The molecule has 14 heavy (non-hydrogen) atoms. The van der Waals surface area contributed by atoms with Crippen LogP contribution < -0.4 is 0 Å². The van der Waals surface area contributed by atoms with E-state index in [1.807, 2.05) is 0 Å². The molecular weight excluding hydrogens is 184 g/mol. The normalized spacial score (nSPS) is 10.4. The van der Waals surface area contributed by atoms with Crippen molar-refractivity contribution in [2.24, 2.45) is 0 Å². The van der Waals surface area contributed by atoms with E-state index in [1.165, 1.54) is 0 Å². The van der Waals surface area contributed by atoms with Gasteiger partial charge in [-0.15, -0.1) is 20.4 Å². The predicted octanol–water partition coefficient (Wildman–Crippen LogP) is -0.884. The maximum Gasteiger partial charge on any atom is 0.173 e. The molecule has 0 aromatic carbocycles. The first-order valence-corrected chi connectivity index (χ1v) is 4.63. The molecule has 1 rings (SSSR count). The molecule has 0 atom stereocenters. The van der Waals surface area contributed by atoms with E-state index in [9.17, 15) is 0 Å². The highest BCUT2D eigenvalue weighted by Crippen LogP contribution is 1.94. The van der Waals surface area contributed by atoms with Gasteiger partial charge in [-0.1, -0.05) is 0 Å². The van der Waals surface area contributed by atoms with Crippen LogP contribution in [0.5, 0.6) is 0 Å². The van der Waals surface area contributed by atoms with Crippen LogP contribution in [0.4, 0.5) is 0 Å². The molecule has 0 radical (unpaired) electrons. The molecule has 0 aliphatic carbocycles. The Morgan fingerprint density at radius 1 is 0.714 bits per heavy atom. The summed E-state index contributed by atoms with van der Waals surface area (Å²) in [6, 6.07) is 0. The molecule has 0 saturated heterocycles. The monoisotopic (exact) mass is 198 g/mol. The summed E-state index contributed by atoms with van der Waals surface area (Å²) in [5, 5.41) is 32.6. The Morgan fingerprint density at radius 2 is 1.07 bits per heavy atom. The third-order valence-corrected chi connectivity index (χ3v) is 1.68. The van der Waals surface area contributed by atoms with Gasteiger partial charge in [0.25, 0.3) is 0 Å². The van der Waals surface area contributed by atoms with Crippen LogP contribution in [0.2, 0.25) is 0 Å². The molecule has 6 nitrogen and oxygen atoms in total. The van der Waals surface area contributed by atoms with Gasteiger partial charge in [-0.2, -0.15) is 0 Å². The molecule has 0 unspecified atom stereocenters.